The molecule has 2 aliphatic heterocycles. The number of ether oxygens (including phenoxy) is 1. The average Bonchev–Trinajstić information content (AvgIpc) is 3.13. The molecule has 4 rings (SSSR count). The van der Waals surface area contributed by atoms with Gasteiger partial charge in [-0.2, -0.15) is 0 Å². The molecule has 2 N–H and O–H groups in total. The van der Waals surface area contributed by atoms with Gasteiger partial charge in [0.25, 0.3) is 5.91 Å². The number of nitrogens with one attached hydrogen (secondary N) is 2. The number of aryl methyl sites for hydroxylation is 1. The van der Waals surface area contributed by atoms with Gasteiger partial charge in [0.05, 0.1) is 18.8 Å². The van der Waals surface area contributed by atoms with Gasteiger partial charge in [0.15, 0.2) is 5.69 Å². The summed E-state index contributed by atoms with van der Waals surface area (Å²) in [5, 5.41) is 14.4. The van der Waals surface area contributed by atoms with Gasteiger partial charge in [-0.1, -0.05) is 5.21 Å². The van der Waals surface area contributed by atoms with Crippen LogP contribution in [0.25, 0.3) is 0 Å². The molecule has 0 aliphatic carbocycles. The molecule has 0 spiro atoms. The van der Waals surface area contributed by atoms with E-state index in [1.165, 1.54) is 0 Å². The number of hydrogen-bond acceptors (Lipinski definition) is 5. The first-order valence-corrected chi connectivity index (χ1v) is 8.49. The van der Waals surface area contributed by atoms with Crippen molar-refractivity contribution < 1.29 is 9.53 Å². The minimum atomic E-state index is -0.230. The largest absolute Gasteiger partial charge is 0.493 e. The highest BCUT2D eigenvalue weighted by molar-refractivity contribution is 6.02. The first kappa shape index (κ1) is 17.7. The average molecular weight is 364 g/mol. The van der Waals surface area contributed by atoms with Crippen LogP contribution in [0.5, 0.6) is 5.75 Å². The van der Waals surface area contributed by atoms with E-state index in [0.29, 0.717) is 11.7 Å². The number of piperidine rings is 1. The van der Waals surface area contributed by atoms with Crippen LogP contribution in [0.3, 0.4) is 0 Å². The van der Waals surface area contributed by atoms with E-state index in [2.05, 4.69) is 20.9 Å². The third-order valence-electron chi connectivity index (χ3n) is 4.59. The predicted octanol–water partition coefficient (Wildman–Crippen LogP) is 2.20. The lowest BCUT2D eigenvalue weighted by atomic mass is 10.1. The van der Waals surface area contributed by atoms with E-state index in [-0.39, 0.29) is 18.3 Å². The minimum Gasteiger partial charge on any atom is -0.493 e. The van der Waals surface area contributed by atoms with Crippen LogP contribution in [0.2, 0.25) is 0 Å². The zero-order valence-electron chi connectivity index (χ0n) is 13.9. The van der Waals surface area contributed by atoms with Crippen LogP contribution in [0, 0.1) is 0 Å². The SMILES string of the molecule is Cl.O=C(Nc1ccc2c(c1)CCCO2)c1cn(C2CCNCC2)nn1. The normalized spacial score (nSPS) is 17.1. The van der Waals surface area contributed by atoms with Gasteiger partial charge in [-0.05, 0) is 62.5 Å². The molecule has 1 saturated heterocycles. The number of hydrogen-bond donors (Lipinski definition) is 2. The molecule has 0 bridgehead atoms. The molecule has 2 aromatic rings. The lowest BCUT2D eigenvalue weighted by Gasteiger charge is -2.22. The van der Waals surface area contributed by atoms with Gasteiger partial charge in [0.1, 0.15) is 5.75 Å². The van der Waals surface area contributed by atoms with Crippen molar-refractivity contribution in [3.05, 3.63) is 35.7 Å². The number of fused-ring (bicyclic) bond motifs is 1. The quantitative estimate of drug-likeness (QED) is 0.873. The maximum absolute atomic E-state index is 12.4. The third kappa shape index (κ3) is 3.93. The zero-order chi connectivity index (χ0) is 16.4. The molecule has 1 aromatic carbocycles. The van der Waals surface area contributed by atoms with Crippen molar-refractivity contribution in [2.24, 2.45) is 0 Å². The lowest BCUT2D eigenvalue weighted by molar-refractivity contribution is 0.102. The smallest absolute Gasteiger partial charge is 0.277 e. The Morgan fingerprint density at radius 3 is 3.00 bits per heavy atom. The monoisotopic (exact) mass is 363 g/mol. The number of nitrogens with zero attached hydrogens (tertiary/aromatic N) is 3. The molecule has 2 aliphatic rings. The Kier molecular flexibility index (Phi) is 5.55. The summed E-state index contributed by atoms with van der Waals surface area (Å²) in [4.78, 5) is 12.4. The first-order chi connectivity index (χ1) is 11.8. The fourth-order valence-electron chi connectivity index (χ4n) is 3.26. The molecule has 3 heterocycles. The Bertz CT molecular complexity index is 742. The number of amides is 1. The second-order valence-electron chi connectivity index (χ2n) is 6.29. The predicted molar refractivity (Wildman–Crippen MR) is 96.6 cm³/mol. The van der Waals surface area contributed by atoms with Gasteiger partial charge in [0.2, 0.25) is 0 Å². The van der Waals surface area contributed by atoms with Gasteiger partial charge >= 0.3 is 0 Å². The van der Waals surface area contributed by atoms with Gasteiger partial charge in [-0.3, -0.25) is 4.79 Å². The Morgan fingerprint density at radius 1 is 1.32 bits per heavy atom. The van der Waals surface area contributed by atoms with Crippen LogP contribution >= 0.6 is 12.4 Å². The van der Waals surface area contributed by atoms with Gasteiger partial charge < -0.3 is 15.4 Å². The summed E-state index contributed by atoms with van der Waals surface area (Å²) in [6.45, 7) is 2.71. The Morgan fingerprint density at radius 2 is 2.16 bits per heavy atom. The van der Waals surface area contributed by atoms with E-state index in [1.54, 1.807) is 6.20 Å². The standard InChI is InChI=1S/C17H21N5O2.ClH/c23-17(15-11-22(21-20-15)14-5-7-18-8-6-14)19-13-3-4-16-12(10-13)2-1-9-24-16;/h3-4,10-11,14,18H,1-2,5-9H2,(H,19,23);1H. The van der Waals surface area contributed by atoms with E-state index in [9.17, 15) is 4.79 Å². The summed E-state index contributed by atoms with van der Waals surface area (Å²) in [6.07, 6.45) is 5.75. The Hall–Kier alpha value is -2.12. The van der Waals surface area contributed by atoms with Crippen LogP contribution in [0.4, 0.5) is 5.69 Å². The van der Waals surface area contributed by atoms with E-state index < -0.39 is 0 Å². The van der Waals surface area contributed by atoms with Crippen molar-refractivity contribution >= 4 is 24.0 Å². The van der Waals surface area contributed by atoms with E-state index in [0.717, 1.165) is 62.4 Å². The number of anilines is 1. The first-order valence-electron chi connectivity index (χ1n) is 8.49. The van der Waals surface area contributed by atoms with Crippen molar-refractivity contribution in [2.75, 3.05) is 25.0 Å². The van der Waals surface area contributed by atoms with Gasteiger partial charge in [-0.15, -0.1) is 17.5 Å². The summed E-state index contributed by atoms with van der Waals surface area (Å²) >= 11 is 0. The molecular weight excluding hydrogens is 342 g/mol. The fraction of sp³-hybridized carbons (Fsp3) is 0.471. The Balaban J connectivity index is 0.00000182. The fourth-order valence-corrected chi connectivity index (χ4v) is 3.26. The van der Waals surface area contributed by atoms with E-state index in [1.807, 2.05) is 22.9 Å². The van der Waals surface area contributed by atoms with Crippen molar-refractivity contribution in [2.45, 2.75) is 31.7 Å². The van der Waals surface area contributed by atoms with Crippen molar-refractivity contribution in [3.8, 4) is 5.75 Å². The Labute approximate surface area is 152 Å². The van der Waals surface area contributed by atoms with Crippen molar-refractivity contribution in [1.82, 2.24) is 20.3 Å². The topological polar surface area (TPSA) is 81.1 Å². The number of halogens is 1. The van der Waals surface area contributed by atoms with Crippen LogP contribution in [0.15, 0.2) is 24.4 Å². The lowest BCUT2D eigenvalue weighted by Crippen LogP contribution is -2.29. The summed E-state index contributed by atoms with van der Waals surface area (Å²) in [5.74, 6) is 0.683. The number of benzene rings is 1. The maximum Gasteiger partial charge on any atom is 0.277 e. The molecule has 8 heteroatoms. The third-order valence-corrected chi connectivity index (χ3v) is 4.59. The molecule has 25 heavy (non-hydrogen) atoms. The van der Waals surface area contributed by atoms with Crippen LogP contribution in [-0.2, 0) is 6.42 Å². The number of rotatable bonds is 3. The molecule has 1 amide bonds. The zero-order valence-corrected chi connectivity index (χ0v) is 14.7. The van der Waals surface area contributed by atoms with E-state index >= 15 is 0 Å². The molecule has 0 unspecified atom stereocenters. The van der Waals surface area contributed by atoms with Gasteiger partial charge in [0, 0.05) is 5.69 Å². The molecular formula is C17H22ClN5O2. The number of carbonyl (C=O) groups excluding carboxylic acids is 1. The molecule has 1 aromatic heterocycles. The number of carbonyl (C=O) groups is 1. The van der Waals surface area contributed by atoms with Crippen molar-refractivity contribution in [1.29, 1.82) is 0 Å². The van der Waals surface area contributed by atoms with Crippen LogP contribution in [0.1, 0.15) is 41.4 Å². The summed E-state index contributed by atoms with van der Waals surface area (Å²) in [5.41, 5.74) is 2.25. The summed E-state index contributed by atoms with van der Waals surface area (Å²) in [6, 6.07) is 6.07. The molecule has 134 valence electrons. The second-order valence-corrected chi connectivity index (χ2v) is 6.29. The molecule has 0 atom stereocenters. The maximum atomic E-state index is 12.4. The summed E-state index contributed by atoms with van der Waals surface area (Å²) < 4.78 is 7.41. The highest BCUT2D eigenvalue weighted by Gasteiger charge is 2.19. The highest BCUT2D eigenvalue weighted by atomic mass is 35.5. The molecule has 0 radical (unpaired) electrons. The van der Waals surface area contributed by atoms with Gasteiger partial charge in [-0.25, -0.2) is 4.68 Å². The molecule has 0 saturated carbocycles. The molecule has 1 fully saturated rings. The van der Waals surface area contributed by atoms with Crippen LogP contribution < -0.4 is 15.4 Å². The summed E-state index contributed by atoms with van der Waals surface area (Å²) in [7, 11) is 0. The van der Waals surface area contributed by atoms with Crippen molar-refractivity contribution in [3.63, 3.8) is 0 Å². The second kappa shape index (κ2) is 7.84. The molecule has 7 nitrogen and oxygen atoms in total. The highest BCUT2D eigenvalue weighted by Crippen LogP contribution is 2.27. The van der Waals surface area contributed by atoms with E-state index in [4.69, 9.17) is 4.74 Å². The van der Waals surface area contributed by atoms with Crippen LogP contribution in [-0.4, -0.2) is 40.6 Å². The number of aromatic nitrogens is 3. The minimum absolute atomic E-state index is 0.